The predicted molar refractivity (Wildman–Crippen MR) is 149 cm³/mol. The molecule has 0 radical (unpaired) electrons. The molecule has 0 saturated carbocycles. The van der Waals surface area contributed by atoms with E-state index in [4.69, 9.17) is 4.74 Å². The molecule has 4 rings (SSSR count). The van der Waals surface area contributed by atoms with E-state index in [1.807, 2.05) is 37.3 Å². The first-order valence-corrected chi connectivity index (χ1v) is 13.8. The van der Waals surface area contributed by atoms with Gasteiger partial charge < -0.3 is 4.74 Å². The van der Waals surface area contributed by atoms with Crippen LogP contribution in [0.4, 0.5) is 5.69 Å². The van der Waals surface area contributed by atoms with Crippen LogP contribution in [0.15, 0.2) is 64.3 Å². The molecule has 0 aliphatic heterocycles. The number of rotatable bonds is 7. The van der Waals surface area contributed by atoms with Crippen molar-refractivity contribution in [2.45, 2.75) is 39.5 Å². The van der Waals surface area contributed by atoms with Crippen molar-refractivity contribution in [3.05, 3.63) is 86.7 Å². The van der Waals surface area contributed by atoms with Gasteiger partial charge in [0.05, 0.1) is 19.1 Å². The molecule has 0 fully saturated rings. The van der Waals surface area contributed by atoms with Gasteiger partial charge in [-0.3, -0.25) is 19.1 Å². The molecule has 0 saturated heterocycles. The second kappa shape index (κ2) is 9.55. The largest absolute Gasteiger partial charge is 0.496 e. The lowest BCUT2D eigenvalue weighted by Gasteiger charge is -2.29. The fourth-order valence-corrected chi connectivity index (χ4v) is 5.09. The molecule has 1 aromatic heterocycles. The van der Waals surface area contributed by atoms with Crippen LogP contribution in [0.2, 0.25) is 0 Å². The van der Waals surface area contributed by atoms with Gasteiger partial charge in [-0.05, 0) is 64.9 Å². The summed E-state index contributed by atoms with van der Waals surface area (Å²) < 4.78 is 33.2. The highest BCUT2D eigenvalue weighted by atomic mass is 32.2. The van der Waals surface area contributed by atoms with Crippen molar-refractivity contribution < 1.29 is 13.2 Å². The van der Waals surface area contributed by atoms with Gasteiger partial charge in [0.1, 0.15) is 5.75 Å². The number of ether oxygens (including phenoxy) is 1. The molecule has 2 N–H and O–H groups in total. The summed E-state index contributed by atoms with van der Waals surface area (Å²) in [4.78, 5) is 26.8. The summed E-state index contributed by atoms with van der Waals surface area (Å²) in [5.74, 6) is 0.722. The maximum Gasteiger partial charge on any atom is 0.332 e. The van der Waals surface area contributed by atoms with E-state index in [1.165, 1.54) is 16.8 Å². The molecule has 0 amide bonds. The van der Waals surface area contributed by atoms with Crippen LogP contribution in [-0.4, -0.2) is 31.3 Å². The molecule has 9 heteroatoms. The van der Waals surface area contributed by atoms with Crippen LogP contribution in [0.3, 0.4) is 0 Å². The van der Waals surface area contributed by atoms with Gasteiger partial charge in [0.2, 0.25) is 10.0 Å². The quantitative estimate of drug-likeness (QED) is 0.366. The summed E-state index contributed by atoms with van der Waals surface area (Å²) in [6, 6.07) is 14.6. The standard InChI is InChI=1S/C28H31N3O5S/c1-7-28(3,4)22-16-23(31-13-12-24(32)29-27(31)33)17(2)25(26(22)36-5)20-9-8-19-15-21(30-37(6,34)35)11-10-18(19)14-20/h8-16,30H,7H2,1-6H3,(H,29,32,33). The van der Waals surface area contributed by atoms with Crippen molar-refractivity contribution in [2.24, 2.45) is 0 Å². The Morgan fingerprint density at radius 2 is 1.70 bits per heavy atom. The lowest BCUT2D eigenvalue weighted by Crippen LogP contribution is -2.28. The molecule has 0 aliphatic carbocycles. The number of aromatic nitrogens is 2. The van der Waals surface area contributed by atoms with Crippen molar-refractivity contribution in [3.63, 3.8) is 0 Å². The second-order valence-electron chi connectivity index (χ2n) is 9.85. The molecule has 0 atom stereocenters. The highest BCUT2D eigenvalue weighted by Crippen LogP contribution is 2.45. The number of methoxy groups -OCH3 is 1. The van der Waals surface area contributed by atoms with Gasteiger partial charge in [0.15, 0.2) is 0 Å². The third-order valence-electron chi connectivity index (χ3n) is 6.84. The normalized spacial score (nSPS) is 12.1. The maximum atomic E-state index is 12.8. The van der Waals surface area contributed by atoms with E-state index < -0.39 is 21.3 Å². The van der Waals surface area contributed by atoms with Gasteiger partial charge in [-0.15, -0.1) is 0 Å². The molecule has 37 heavy (non-hydrogen) atoms. The number of fused-ring (bicyclic) bond motifs is 1. The van der Waals surface area contributed by atoms with Crippen LogP contribution in [0, 0.1) is 6.92 Å². The third-order valence-corrected chi connectivity index (χ3v) is 7.45. The molecule has 0 spiro atoms. The highest BCUT2D eigenvalue weighted by molar-refractivity contribution is 7.92. The summed E-state index contributed by atoms with van der Waals surface area (Å²) in [5.41, 5.74) is 3.39. The number of aromatic amines is 1. The number of nitrogens with one attached hydrogen (secondary N) is 2. The van der Waals surface area contributed by atoms with Crippen LogP contribution in [0.1, 0.15) is 38.3 Å². The molecule has 0 aliphatic rings. The maximum absolute atomic E-state index is 12.8. The number of hydrogen-bond donors (Lipinski definition) is 2. The van der Waals surface area contributed by atoms with Crippen molar-refractivity contribution in [1.82, 2.24) is 9.55 Å². The Balaban J connectivity index is 2.02. The highest BCUT2D eigenvalue weighted by Gasteiger charge is 2.28. The SMILES string of the molecule is CCC(C)(C)c1cc(-n2ccc(=O)[nH]c2=O)c(C)c(-c2ccc3cc(NS(C)(=O)=O)ccc3c2)c1OC. The Kier molecular flexibility index (Phi) is 6.77. The van der Waals surface area contributed by atoms with E-state index in [9.17, 15) is 18.0 Å². The van der Waals surface area contributed by atoms with Gasteiger partial charge in [0, 0.05) is 29.1 Å². The zero-order valence-electron chi connectivity index (χ0n) is 21.8. The van der Waals surface area contributed by atoms with E-state index in [1.54, 1.807) is 19.2 Å². The van der Waals surface area contributed by atoms with Crippen molar-refractivity contribution in [1.29, 1.82) is 0 Å². The minimum atomic E-state index is -3.39. The molecule has 194 valence electrons. The molecule has 3 aromatic carbocycles. The number of hydrogen-bond acceptors (Lipinski definition) is 5. The number of anilines is 1. The Hall–Kier alpha value is -3.85. The summed E-state index contributed by atoms with van der Waals surface area (Å²) in [6.07, 6.45) is 3.43. The molecule has 1 heterocycles. The van der Waals surface area contributed by atoms with Crippen molar-refractivity contribution in [3.8, 4) is 22.6 Å². The Bertz CT molecular complexity index is 1730. The number of sulfonamides is 1. The van der Waals surface area contributed by atoms with E-state index >= 15 is 0 Å². The topological polar surface area (TPSA) is 110 Å². The van der Waals surface area contributed by atoms with Crippen LogP contribution in [0.5, 0.6) is 5.75 Å². The molecule has 0 bridgehead atoms. The fraction of sp³-hybridized carbons (Fsp3) is 0.286. The first-order chi connectivity index (χ1) is 17.3. The third kappa shape index (κ3) is 5.17. The van der Waals surface area contributed by atoms with Crippen molar-refractivity contribution in [2.75, 3.05) is 18.1 Å². The fourth-order valence-electron chi connectivity index (χ4n) is 4.53. The second-order valence-corrected chi connectivity index (χ2v) is 11.6. The summed E-state index contributed by atoms with van der Waals surface area (Å²) in [7, 11) is -1.74. The van der Waals surface area contributed by atoms with E-state index in [0.29, 0.717) is 11.4 Å². The van der Waals surface area contributed by atoms with Crippen molar-refractivity contribution >= 4 is 26.5 Å². The summed E-state index contributed by atoms with van der Waals surface area (Å²) in [6.45, 7) is 8.28. The first kappa shape index (κ1) is 26.2. The number of H-pyrrole nitrogens is 1. The summed E-state index contributed by atoms with van der Waals surface area (Å²) >= 11 is 0. The Morgan fingerprint density at radius 3 is 2.32 bits per heavy atom. The summed E-state index contributed by atoms with van der Waals surface area (Å²) in [5, 5.41) is 1.79. The van der Waals surface area contributed by atoms with E-state index in [2.05, 4.69) is 30.5 Å². The van der Waals surface area contributed by atoms with Gasteiger partial charge in [-0.1, -0.05) is 39.0 Å². The molecule has 0 unspecified atom stereocenters. The first-order valence-electron chi connectivity index (χ1n) is 11.9. The number of benzene rings is 3. The molecular formula is C28H31N3O5S. The minimum Gasteiger partial charge on any atom is -0.496 e. The zero-order valence-corrected chi connectivity index (χ0v) is 22.6. The lowest BCUT2D eigenvalue weighted by molar-refractivity contribution is 0.390. The molecule has 8 nitrogen and oxygen atoms in total. The lowest BCUT2D eigenvalue weighted by atomic mass is 9.78. The number of nitrogens with zero attached hydrogens (tertiary/aromatic N) is 1. The van der Waals surface area contributed by atoms with Gasteiger partial charge in [0.25, 0.3) is 5.56 Å². The van der Waals surface area contributed by atoms with Crippen LogP contribution >= 0.6 is 0 Å². The van der Waals surface area contributed by atoms with Gasteiger partial charge in [-0.25, -0.2) is 13.2 Å². The zero-order chi connectivity index (χ0) is 27.1. The van der Waals surface area contributed by atoms with E-state index in [-0.39, 0.29) is 5.41 Å². The molecular weight excluding hydrogens is 490 g/mol. The van der Waals surface area contributed by atoms with Crippen LogP contribution in [-0.2, 0) is 15.4 Å². The Morgan fingerprint density at radius 1 is 1.03 bits per heavy atom. The molecule has 4 aromatic rings. The smallest absolute Gasteiger partial charge is 0.332 e. The van der Waals surface area contributed by atoms with Crippen LogP contribution < -0.4 is 20.7 Å². The van der Waals surface area contributed by atoms with Crippen LogP contribution in [0.25, 0.3) is 27.6 Å². The monoisotopic (exact) mass is 521 g/mol. The van der Waals surface area contributed by atoms with E-state index in [0.717, 1.165) is 51.5 Å². The average Bonchev–Trinajstić information content (AvgIpc) is 2.82. The Labute approximate surface area is 216 Å². The van der Waals surface area contributed by atoms with Gasteiger partial charge >= 0.3 is 5.69 Å². The minimum absolute atomic E-state index is 0.266. The average molecular weight is 522 g/mol. The predicted octanol–water partition coefficient (Wildman–Crippen LogP) is 4.72. The van der Waals surface area contributed by atoms with Gasteiger partial charge in [-0.2, -0.15) is 0 Å².